The minimum absolute atomic E-state index is 0.0690. The highest BCUT2D eigenvalue weighted by molar-refractivity contribution is 7.91. The van der Waals surface area contributed by atoms with Crippen LogP contribution >= 0.6 is 0 Å². The average molecular weight is 251 g/mol. The second kappa shape index (κ2) is 5.63. The number of amides is 1. The van der Waals surface area contributed by atoms with Crippen LogP contribution in [0.25, 0.3) is 0 Å². The minimum atomic E-state index is -3.31. The Balaban J connectivity index is 4.10. The van der Waals surface area contributed by atoms with Crippen LogP contribution in [0.3, 0.4) is 0 Å². The second-order valence-electron chi connectivity index (χ2n) is 4.94. The van der Waals surface area contributed by atoms with Crippen molar-refractivity contribution in [3.05, 3.63) is 0 Å². The van der Waals surface area contributed by atoms with Crippen molar-refractivity contribution in [2.45, 2.75) is 32.8 Å². The zero-order chi connectivity index (χ0) is 13.0. The maximum Gasteiger partial charge on any atom is 0.235 e. The Hall–Kier alpha value is -0.620. The summed E-state index contributed by atoms with van der Waals surface area (Å²) in [7, 11) is -3.31. The molecule has 0 saturated carbocycles. The molecule has 0 saturated heterocycles. The first-order valence-electron chi connectivity index (χ1n) is 5.19. The van der Waals surface area contributed by atoms with Crippen molar-refractivity contribution >= 4 is 15.7 Å². The lowest BCUT2D eigenvalue weighted by Crippen LogP contribution is -2.43. The molecule has 0 fully saturated rings. The molecular weight excluding hydrogens is 230 g/mol. The van der Waals surface area contributed by atoms with Crippen molar-refractivity contribution in [1.29, 1.82) is 0 Å². The van der Waals surface area contributed by atoms with E-state index in [1.165, 1.54) is 0 Å². The van der Waals surface area contributed by atoms with Crippen LogP contribution in [0.1, 0.15) is 27.2 Å². The molecule has 0 aliphatic heterocycles. The smallest absolute Gasteiger partial charge is 0.235 e. The third-order valence-corrected chi connectivity index (χ3v) is 2.69. The first-order chi connectivity index (χ1) is 7.02. The third kappa shape index (κ3) is 8.67. The van der Waals surface area contributed by atoms with Gasteiger partial charge >= 0.3 is 0 Å². The molecule has 5 nitrogen and oxygen atoms in total. The molecule has 0 spiro atoms. The predicted molar refractivity (Wildman–Crippen MR) is 62.8 cm³/mol. The summed E-state index contributed by atoms with van der Waals surface area (Å²) < 4.78 is 21.6. The molecule has 96 valence electrons. The molecule has 6 heteroatoms. The summed E-state index contributed by atoms with van der Waals surface area (Å²) in [5.74, 6) is -0.807. The van der Waals surface area contributed by atoms with Crippen LogP contribution in [0.15, 0.2) is 0 Å². The van der Waals surface area contributed by atoms with E-state index in [4.69, 9.17) is 0 Å². The highest BCUT2D eigenvalue weighted by Crippen LogP contribution is 2.14. The van der Waals surface area contributed by atoms with Gasteiger partial charge in [-0.25, -0.2) is 8.42 Å². The molecule has 0 radical (unpaired) electrons. The highest BCUT2D eigenvalue weighted by Gasteiger charge is 2.23. The van der Waals surface area contributed by atoms with Crippen molar-refractivity contribution in [2.75, 3.05) is 18.6 Å². The van der Waals surface area contributed by atoms with Gasteiger partial charge in [0.1, 0.15) is 5.75 Å². The molecule has 0 aromatic rings. The van der Waals surface area contributed by atoms with Gasteiger partial charge in [0.05, 0.1) is 5.60 Å². The molecule has 0 heterocycles. The van der Waals surface area contributed by atoms with Crippen LogP contribution < -0.4 is 5.32 Å². The van der Waals surface area contributed by atoms with Gasteiger partial charge in [-0.1, -0.05) is 13.8 Å². The van der Waals surface area contributed by atoms with Crippen molar-refractivity contribution in [2.24, 2.45) is 5.92 Å². The number of hydrogen-bond acceptors (Lipinski definition) is 4. The minimum Gasteiger partial charge on any atom is -0.388 e. The topological polar surface area (TPSA) is 83.5 Å². The first-order valence-corrected chi connectivity index (χ1v) is 7.25. The van der Waals surface area contributed by atoms with Gasteiger partial charge in [0.25, 0.3) is 0 Å². The van der Waals surface area contributed by atoms with Crippen LogP contribution in [-0.4, -0.2) is 43.6 Å². The zero-order valence-corrected chi connectivity index (χ0v) is 11.1. The SMILES string of the molecule is CC(C)CC(C)(O)CNC(=O)CS(C)(=O)=O. The number of carbonyl (C=O) groups excluding carboxylic acids is 1. The number of nitrogens with one attached hydrogen (secondary N) is 1. The van der Waals surface area contributed by atoms with Gasteiger partial charge in [-0.05, 0) is 19.3 Å². The summed E-state index contributed by atoms with van der Waals surface area (Å²) in [4.78, 5) is 11.2. The predicted octanol–water partition coefficient (Wildman–Crippen LogP) is -0.0557. The van der Waals surface area contributed by atoms with E-state index in [1.807, 2.05) is 13.8 Å². The lowest BCUT2D eigenvalue weighted by atomic mass is 9.94. The monoisotopic (exact) mass is 251 g/mol. The van der Waals surface area contributed by atoms with Gasteiger partial charge in [0.2, 0.25) is 5.91 Å². The lowest BCUT2D eigenvalue weighted by molar-refractivity contribution is -0.119. The average Bonchev–Trinajstić information content (AvgIpc) is 1.95. The first kappa shape index (κ1) is 15.4. The molecule has 2 N–H and O–H groups in total. The Morgan fingerprint density at radius 3 is 2.31 bits per heavy atom. The van der Waals surface area contributed by atoms with Crippen molar-refractivity contribution < 1.29 is 18.3 Å². The van der Waals surface area contributed by atoms with Crippen LogP contribution in [0.4, 0.5) is 0 Å². The lowest BCUT2D eigenvalue weighted by Gasteiger charge is -2.25. The van der Waals surface area contributed by atoms with Gasteiger partial charge in [0, 0.05) is 12.8 Å². The highest BCUT2D eigenvalue weighted by atomic mass is 32.2. The van der Waals surface area contributed by atoms with Gasteiger partial charge in [0.15, 0.2) is 9.84 Å². The second-order valence-corrected chi connectivity index (χ2v) is 7.08. The standard InChI is InChI=1S/C10H21NO4S/c1-8(2)5-10(3,13)7-11-9(12)6-16(4,14)15/h8,13H,5-7H2,1-4H3,(H,11,12). The largest absolute Gasteiger partial charge is 0.388 e. The van der Waals surface area contributed by atoms with Crippen LogP contribution in [0, 0.1) is 5.92 Å². The normalized spacial score (nSPS) is 15.9. The third-order valence-electron chi connectivity index (χ3n) is 1.91. The Labute approximate surface area is 97.2 Å². The van der Waals surface area contributed by atoms with E-state index in [1.54, 1.807) is 6.92 Å². The fourth-order valence-electron chi connectivity index (χ4n) is 1.53. The van der Waals surface area contributed by atoms with Gasteiger partial charge < -0.3 is 10.4 Å². The summed E-state index contributed by atoms with van der Waals surface area (Å²) in [6, 6.07) is 0. The molecule has 0 aromatic carbocycles. The molecular formula is C10H21NO4S. The van der Waals surface area contributed by atoms with Gasteiger partial charge in [-0.3, -0.25) is 4.79 Å². The molecule has 1 unspecified atom stereocenters. The van der Waals surface area contributed by atoms with Crippen molar-refractivity contribution in [3.8, 4) is 0 Å². The fourth-order valence-corrected chi connectivity index (χ4v) is 2.11. The van der Waals surface area contributed by atoms with Crippen molar-refractivity contribution in [1.82, 2.24) is 5.32 Å². The summed E-state index contributed by atoms with van der Waals surface area (Å²) >= 11 is 0. The Bertz CT molecular complexity index is 333. The molecule has 1 atom stereocenters. The molecule has 16 heavy (non-hydrogen) atoms. The van der Waals surface area contributed by atoms with Crippen LogP contribution in [0.2, 0.25) is 0 Å². The Morgan fingerprint density at radius 1 is 1.44 bits per heavy atom. The van der Waals surface area contributed by atoms with Gasteiger partial charge in [-0.15, -0.1) is 0 Å². The van der Waals surface area contributed by atoms with E-state index in [2.05, 4.69) is 5.32 Å². The maximum absolute atomic E-state index is 11.2. The summed E-state index contributed by atoms with van der Waals surface area (Å²) in [5, 5.41) is 12.3. The van der Waals surface area contributed by atoms with Crippen LogP contribution in [-0.2, 0) is 14.6 Å². The molecule has 0 rings (SSSR count). The Kier molecular flexibility index (Phi) is 5.41. The fraction of sp³-hybridized carbons (Fsp3) is 0.900. The summed E-state index contributed by atoms with van der Waals surface area (Å²) in [6.07, 6.45) is 1.55. The quantitative estimate of drug-likeness (QED) is 0.693. The maximum atomic E-state index is 11.2. The Morgan fingerprint density at radius 2 is 1.94 bits per heavy atom. The zero-order valence-electron chi connectivity index (χ0n) is 10.3. The van der Waals surface area contributed by atoms with Crippen molar-refractivity contribution in [3.63, 3.8) is 0 Å². The summed E-state index contributed by atoms with van der Waals surface area (Å²) in [6.45, 7) is 5.62. The molecule has 0 aromatic heterocycles. The summed E-state index contributed by atoms with van der Waals surface area (Å²) in [5.41, 5.74) is -0.999. The van der Waals surface area contributed by atoms with Gasteiger partial charge in [-0.2, -0.15) is 0 Å². The molecule has 0 aliphatic rings. The van der Waals surface area contributed by atoms with E-state index in [0.717, 1.165) is 6.26 Å². The van der Waals surface area contributed by atoms with E-state index < -0.39 is 27.1 Å². The molecule has 0 bridgehead atoms. The number of carbonyl (C=O) groups is 1. The molecule has 0 aliphatic carbocycles. The number of aliphatic hydroxyl groups is 1. The molecule has 1 amide bonds. The van der Waals surface area contributed by atoms with Crippen LogP contribution in [0.5, 0.6) is 0 Å². The number of hydrogen-bond donors (Lipinski definition) is 2. The number of sulfone groups is 1. The number of rotatable bonds is 6. The van der Waals surface area contributed by atoms with E-state index >= 15 is 0 Å². The van der Waals surface area contributed by atoms with E-state index in [-0.39, 0.29) is 6.54 Å². The van der Waals surface area contributed by atoms with E-state index in [9.17, 15) is 18.3 Å². The van der Waals surface area contributed by atoms with E-state index in [0.29, 0.717) is 12.3 Å².